The Morgan fingerprint density at radius 3 is 2.47 bits per heavy atom. The molecule has 2 aromatic rings. The highest BCUT2D eigenvalue weighted by molar-refractivity contribution is 9.10. The van der Waals surface area contributed by atoms with E-state index in [4.69, 9.17) is 10.5 Å². The lowest BCUT2D eigenvalue weighted by Crippen LogP contribution is -1.99. The Labute approximate surface area is 107 Å². The molecule has 17 heavy (non-hydrogen) atoms. The SMILES string of the molecule is NCc1ccc(Br)cc1Oc1ccc(F)cc1. The summed E-state index contributed by atoms with van der Waals surface area (Å²) in [6, 6.07) is 11.5. The first-order valence-corrected chi connectivity index (χ1v) is 5.90. The van der Waals surface area contributed by atoms with Gasteiger partial charge >= 0.3 is 0 Å². The van der Waals surface area contributed by atoms with Crippen molar-refractivity contribution in [2.45, 2.75) is 6.54 Å². The fraction of sp³-hybridized carbons (Fsp3) is 0.0769. The topological polar surface area (TPSA) is 35.2 Å². The normalized spacial score (nSPS) is 10.3. The van der Waals surface area contributed by atoms with Gasteiger partial charge in [0.25, 0.3) is 0 Å². The number of ether oxygens (including phenoxy) is 1. The third-order valence-electron chi connectivity index (χ3n) is 2.29. The van der Waals surface area contributed by atoms with Crippen LogP contribution in [0.15, 0.2) is 46.9 Å². The van der Waals surface area contributed by atoms with Crippen LogP contribution < -0.4 is 10.5 Å². The van der Waals surface area contributed by atoms with Gasteiger partial charge in [-0.1, -0.05) is 22.0 Å². The highest BCUT2D eigenvalue weighted by atomic mass is 79.9. The second-order valence-electron chi connectivity index (χ2n) is 3.51. The van der Waals surface area contributed by atoms with E-state index < -0.39 is 0 Å². The van der Waals surface area contributed by atoms with Gasteiger partial charge in [0.15, 0.2) is 0 Å². The van der Waals surface area contributed by atoms with E-state index in [0.29, 0.717) is 18.0 Å². The van der Waals surface area contributed by atoms with Crippen LogP contribution in [0.25, 0.3) is 0 Å². The minimum absolute atomic E-state index is 0.286. The van der Waals surface area contributed by atoms with Crippen molar-refractivity contribution in [3.05, 3.63) is 58.3 Å². The lowest BCUT2D eigenvalue weighted by atomic mass is 10.2. The predicted molar refractivity (Wildman–Crippen MR) is 68.5 cm³/mol. The molecule has 2 aromatic carbocycles. The maximum atomic E-state index is 12.8. The summed E-state index contributed by atoms with van der Waals surface area (Å²) in [5.41, 5.74) is 6.52. The quantitative estimate of drug-likeness (QED) is 0.934. The zero-order chi connectivity index (χ0) is 12.3. The first kappa shape index (κ1) is 12.1. The number of benzene rings is 2. The summed E-state index contributed by atoms with van der Waals surface area (Å²) in [7, 11) is 0. The molecule has 0 aliphatic heterocycles. The Bertz CT molecular complexity index is 513. The van der Waals surface area contributed by atoms with Crippen LogP contribution >= 0.6 is 15.9 Å². The first-order valence-electron chi connectivity index (χ1n) is 5.11. The highest BCUT2D eigenvalue weighted by Gasteiger charge is 2.04. The molecule has 0 saturated carbocycles. The standard InChI is InChI=1S/C13H11BrFNO/c14-10-2-1-9(8-16)13(7-10)17-12-5-3-11(15)4-6-12/h1-7H,8,16H2. The molecule has 0 radical (unpaired) electrons. The van der Waals surface area contributed by atoms with Crippen LogP contribution in [-0.4, -0.2) is 0 Å². The molecule has 88 valence electrons. The molecule has 0 aliphatic rings. The van der Waals surface area contributed by atoms with Crippen LogP contribution in [0.5, 0.6) is 11.5 Å². The van der Waals surface area contributed by atoms with Crippen molar-refractivity contribution < 1.29 is 9.13 Å². The van der Waals surface area contributed by atoms with Gasteiger partial charge in [-0.3, -0.25) is 0 Å². The van der Waals surface area contributed by atoms with Gasteiger partial charge in [-0.2, -0.15) is 0 Å². The molecule has 0 saturated heterocycles. The Morgan fingerprint density at radius 2 is 1.82 bits per heavy atom. The number of hydrogen-bond acceptors (Lipinski definition) is 2. The van der Waals surface area contributed by atoms with Crippen LogP contribution in [-0.2, 0) is 6.54 Å². The fourth-order valence-corrected chi connectivity index (χ4v) is 1.76. The van der Waals surface area contributed by atoms with Gasteiger partial charge in [0.05, 0.1) is 0 Å². The predicted octanol–water partition coefficient (Wildman–Crippen LogP) is 3.84. The summed E-state index contributed by atoms with van der Waals surface area (Å²) in [6.45, 7) is 0.393. The van der Waals surface area contributed by atoms with E-state index >= 15 is 0 Å². The van der Waals surface area contributed by atoms with E-state index in [0.717, 1.165) is 10.0 Å². The van der Waals surface area contributed by atoms with Gasteiger partial charge in [-0.05, 0) is 36.4 Å². The molecule has 0 atom stereocenters. The van der Waals surface area contributed by atoms with Crippen LogP contribution in [0.3, 0.4) is 0 Å². The maximum absolute atomic E-state index is 12.8. The summed E-state index contributed by atoms with van der Waals surface area (Å²) in [5, 5.41) is 0. The zero-order valence-electron chi connectivity index (χ0n) is 8.99. The molecule has 0 fully saturated rings. The lowest BCUT2D eigenvalue weighted by molar-refractivity contribution is 0.474. The molecule has 2 N–H and O–H groups in total. The van der Waals surface area contributed by atoms with E-state index in [1.54, 1.807) is 12.1 Å². The summed E-state index contributed by atoms with van der Waals surface area (Å²) in [5.74, 6) is 0.971. The Morgan fingerprint density at radius 1 is 1.12 bits per heavy atom. The first-order chi connectivity index (χ1) is 8.19. The Kier molecular flexibility index (Phi) is 3.76. The minimum atomic E-state index is -0.286. The molecule has 0 aromatic heterocycles. The van der Waals surface area contributed by atoms with E-state index in [1.165, 1.54) is 12.1 Å². The average Bonchev–Trinajstić information content (AvgIpc) is 2.32. The van der Waals surface area contributed by atoms with Crippen molar-refractivity contribution in [1.82, 2.24) is 0 Å². The van der Waals surface area contributed by atoms with Gasteiger partial charge in [0, 0.05) is 16.6 Å². The van der Waals surface area contributed by atoms with Gasteiger partial charge in [0.1, 0.15) is 17.3 Å². The van der Waals surface area contributed by atoms with Crippen molar-refractivity contribution in [1.29, 1.82) is 0 Å². The summed E-state index contributed by atoms with van der Waals surface area (Å²) in [4.78, 5) is 0. The highest BCUT2D eigenvalue weighted by Crippen LogP contribution is 2.28. The van der Waals surface area contributed by atoms with E-state index in [9.17, 15) is 4.39 Å². The fourth-order valence-electron chi connectivity index (χ4n) is 1.42. The second kappa shape index (κ2) is 5.29. The monoisotopic (exact) mass is 295 g/mol. The van der Waals surface area contributed by atoms with Crippen molar-refractivity contribution in [2.75, 3.05) is 0 Å². The molecule has 2 rings (SSSR count). The molecule has 2 nitrogen and oxygen atoms in total. The molecular formula is C13H11BrFNO. The molecule has 0 aliphatic carbocycles. The van der Waals surface area contributed by atoms with Crippen LogP contribution in [0.4, 0.5) is 4.39 Å². The van der Waals surface area contributed by atoms with Crippen molar-refractivity contribution >= 4 is 15.9 Å². The zero-order valence-corrected chi connectivity index (χ0v) is 10.6. The van der Waals surface area contributed by atoms with Crippen molar-refractivity contribution in [3.63, 3.8) is 0 Å². The maximum Gasteiger partial charge on any atom is 0.133 e. The molecule has 0 spiro atoms. The third-order valence-corrected chi connectivity index (χ3v) is 2.78. The molecule has 4 heteroatoms. The number of hydrogen-bond donors (Lipinski definition) is 1. The average molecular weight is 296 g/mol. The summed E-state index contributed by atoms with van der Waals surface area (Å²) in [6.07, 6.45) is 0. The second-order valence-corrected chi connectivity index (χ2v) is 4.43. The van der Waals surface area contributed by atoms with Gasteiger partial charge in [-0.25, -0.2) is 4.39 Å². The lowest BCUT2D eigenvalue weighted by Gasteiger charge is -2.10. The van der Waals surface area contributed by atoms with Crippen LogP contribution in [0.1, 0.15) is 5.56 Å². The van der Waals surface area contributed by atoms with Crippen molar-refractivity contribution in [3.8, 4) is 11.5 Å². The van der Waals surface area contributed by atoms with E-state index in [1.807, 2.05) is 18.2 Å². The molecule has 0 bridgehead atoms. The van der Waals surface area contributed by atoms with Crippen molar-refractivity contribution in [2.24, 2.45) is 5.73 Å². The van der Waals surface area contributed by atoms with Gasteiger partial charge in [-0.15, -0.1) is 0 Å². The van der Waals surface area contributed by atoms with Gasteiger partial charge < -0.3 is 10.5 Å². The third kappa shape index (κ3) is 3.05. The number of rotatable bonds is 3. The summed E-state index contributed by atoms with van der Waals surface area (Å²) < 4.78 is 19.3. The molecule has 0 amide bonds. The largest absolute Gasteiger partial charge is 0.457 e. The molecule has 0 unspecified atom stereocenters. The Hall–Kier alpha value is -1.39. The molecular weight excluding hydrogens is 285 g/mol. The molecule has 0 heterocycles. The smallest absolute Gasteiger partial charge is 0.133 e. The van der Waals surface area contributed by atoms with Crippen LogP contribution in [0.2, 0.25) is 0 Å². The van der Waals surface area contributed by atoms with E-state index in [-0.39, 0.29) is 5.82 Å². The number of halogens is 2. The summed E-state index contributed by atoms with van der Waals surface area (Å²) >= 11 is 3.37. The number of nitrogens with two attached hydrogens (primary N) is 1. The van der Waals surface area contributed by atoms with Crippen LogP contribution in [0, 0.1) is 5.82 Å². The van der Waals surface area contributed by atoms with Gasteiger partial charge in [0.2, 0.25) is 0 Å². The minimum Gasteiger partial charge on any atom is -0.457 e. The van der Waals surface area contributed by atoms with E-state index in [2.05, 4.69) is 15.9 Å². The Balaban J connectivity index is 2.28.